The van der Waals surface area contributed by atoms with Gasteiger partial charge in [0.1, 0.15) is 0 Å². The first-order valence-corrected chi connectivity index (χ1v) is 12.0. The summed E-state index contributed by atoms with van der Waals surface area (Å²) >= 11 is 7.52. The van der Waals surface area contributed by atoms with Crippen molar-refractivity contribution in [3.05, 3.63) is 95.0 Å². The number of fused-ring (bicyclic) bond motifs is 1. The topological polar surface area (TPSA) is 64.0 Å². The number of carbonyl (C=O) groups excluding carboxylic acids is 2. The summed E-state index contributed by atoms with van der Waals surface area (Å²) in [7, 11) is 0. The summed E-state index contributed by atoms with van der Waals surface area (Å²) in [5.74, 6) is -0.111. The van der Waals surface area contributed by atoms with E-state index in [2.05, 4.69) is 22.0 Å². The lowest BCUT2D eigenvalue weighted by molar-refractivity contribution is -0.125. The fourth-order valence-corrected chi connectivity index (χ4v) is 4.61. The zero-order chi connectivity index (χ0) is 23.2. The standard InChI is InChI=1S/C26H24ClN3O2S/c1-18(31)22(14-19-8-4-2-5-9-19)28-25(32)17-33-26-29-23-15-21(27)12-13-24(23)30(26)16-20-10-6-3-7-11-20/h2-13,15,22H,14,16-17H2,1H3,(H,28,32)/t22-/m0/s1. The Kier molecular flexibility index (Phi) is 7.47. The maximum atomic E-state index is 12.7. The molecule has 1 amide bonds. The van der Waals surface area contributed by atoms with Crippen LogP contribution in [0, 0.1) is 0 Å². The average Bonchev–Trinajstić information content (AvgIpc) is 3.14. The lowest BCUT2D eigenvalue weighted by Crippen LogP contribution is -2.42. The highest BCUT2D eigenvalue weighted by molar-refractivity contribution is 7.99. The number of hydrogen-bond acceptors (Lipinski definition) is 4. The Labute approximate surface area is 202 Å². The predicted molar refractivity (Wildman–Crippen MR) is 134 cm³/mol. The van der Waals surface area contributed by atoms with Crippen molar-refractivity contribution < 1.29 is 9.59 Å². The first kappa shape index (κ1) is 23.1. The summed E-state index contributed by atoms with van der Waals surface area (Å²) in [5.41, 5.74) is 3.88. The van der Waals surface area contributed by atoms with Gasteiger partial charge in [-0.25, -0.2) is 4.98 Å². The number of hydrogen-bond donors (Lipinski definition) is 1. The van der Waals surface area contributed by atoms with Crippen molar-refractivity contribution in [3.63, 3.8) is 0 Å². The highest BCUT2D eigenvalue weighted by Crippen LogP contribution is 2.27. The molecule has 0 spiro atoms. The van der Waals surface area contributed by atoms with Gasteiger partial charge in [-0.2, -0.15) is 0 Å². The number of nitrogens with one attached hydrogen (secondary N) is 1. The number of rotatable bonds is 9. The van der Waals surface area contributed by atoms with Crippen molar-refractivity contribution in [3.8, 4) is 0 Å². The minimum atomic E-state index is -0.553. The van der Waals surface area contributed by atoms with E-state index >= 15 is 0 Å². The van der Waals surface area contributed by atoms with Crippen LogP contribution in [0.25, 0.3) is 11.0 Å². The van der Waals surface area contributed by atoms with Gasteiger partial charge in [0, 0.05) is 5.02 Å². The minimum absolute atomic E-state index is 0.0665. The van der Waals surface area contributed by atoms with Crippen molar-refractivity contribution in [2.24, 2.45) is 0 Å². The summed E-state index contributed by atoms with van der Waals surface area (Å²) in [4.78, 5) is 29.6. The molecule has 0 bridgehead atoms. The van der Waals surface area contributed by atoms with Crippen LogP contribution in [0.3, 0.4) is 0 Å². The largest absolute Gasteiger partial charge is 0.345 e. The number of nitrogens with zero attached hydrogens (tertiary/aromatic N) is 2. The fraction of sp³-hybridized carbons (Fsp3) is 0.192. The third kappa shape index (κ3) is 6.03. The van der Waals surface area contributed by atoms with Gasteiger partial charge in [-0.1, -0.05) is 84.0 Å². The molecule has 1 aromatic heterocycles. The van der Waals surface area contributed by atoms with Crippen molar-refractivity contribution >= 4 is 46.1 Å². The zero-order valence-corrected chi connectivity index (χ0v) is 19.8. The second kappa shape index (κ2) is 10.7. The molecule has 3 aromatic carbocycles. The molecular formula is C26H24ClN3O2S. The number of aromatic nitrogens is 2. The molecule has 0 saturated heterocycles. The summed E-state index contributed by atoms with van der Waals surface area (Å²) in [6.45, 7) is 2.14. The summed E-state index contributed by atoms with van der Waals surface area (Å²) < 4.78 is 2.09. The highest BCUT2D eigenvalue weighted by Gasteiger charge is 2.19. The average molecular weight is 478 g/mol. The van der Waals surface area contributed by atoms with Gasteiger partial charge >= 0.3 is 0 Å². The van der Waals surface area contributed by atoms with Crippen LogP contribution in [-0.2, 0) is 22.6 Å². The Morgan fingerprint density at radius 3 is 2.33 bits per heavy atom. The van der Waals surface area contributed by atoms with Crippen LogP contribution in [0.1, 0.15) is 18.1 Å². The summed E-state index contributed by atoms with van der Waals surface area (Å²) in [5, 5.41) is 4.23. The summed E-state index contributed by atoms with van der Waals surface area (Å²) in [6.07, 6.45) is 0.470. The molecule has 1 N–H and O–H groups in total. The van der Waals surface area contributed by atoms with Gasteiger partial charge in [-0.05, 0) is 42.7 Å². The van der Waals surface area contributed by atoms with Crippen molar-refractivity contribution in [2.75, 3.05) is 5.75 Å². The van der Waals surface area contributed by atoms with Crippen LogP contribution in [-0.4, -0.2) is 33.0 Å². The number of halogens is 1. The normalized spacial score (nSPS) is 11.9. The van der Waals surface area contributed by atoms with E-state index in [1.807, 2.05) is 66.7 Å². The molecule has 1 atom stereocenters. The first-order valence-electron chi connectivity index (χ1n) is 10.7. The van der Waals surface area contributed by atoms with Crippen LogP contribution < -0.4 is 5.32 Å². The lowest BCUT2D eigenvalue weighted by Gasteiger charge is -2.16. The van der Waals surface area contributed by atoms with Crippen LogP contribution in [0.5, 0.6) is 0 Å². The fourth-order valence-electron chi connectivity index (χ4n) is 3.62. The molecular weight excluding hydrogens is 454 g/mol. The molecule has 0 fully saturated rings. The number of thioether (sulfide) groups is 1. The van der Waals surface area contributed by atoms with Gasteiger partial charge in [0.05, 0.1) is 29.4 Å². The molecule has 0 radical (unpaired) electrons. The van der Waals surface area contributed by atoms with Gasteiger partial charge in [0.15, 0.2) is 10.9 Å². The van der Waals surface area contributed by atoms with E-state index in [4.69, 9.17) is 16.6 Å². The lowest BCUT2D eigenvalue weighted by atomic mass is 10.0. The van der Waals surface area contributed by atoms with Gasteiger partial charge in [0.2, 0.25) is 5.91 Å². The second-order valence-electron chi connectivity index (χ2n) is 7.81. The van der Waals surface area contributed by atoms with Gasteiger partial charge in [-0.15, -0.1) is 0 Å². The molecule has 168 valence electrons. The van der Waals surface area contributed by atoms with Gasteiger partial charge < -0.3 is 9.88 Å². The Bertz CT molecular complexity index is 1260. The van der Waals surface area contributed by atoms with E-state index in [9.17, 15) is 9.59 Å². The molecule has 5 nitrogen and oxygen atoms in total. The molecule has 4 rings (SSSR count). The maximum absolute atomic E-state index is 12.7. The Morgan fingerprint density at radius 1 is 1.00 bits per heavy atom. The smallest absolute Gasteiger partial charge is 0.231 e. The number of carbonyl (C=O) groups is 2. The van der Waals surface area contributed by atoms with Gasteiger partial charge in [0.25, 0.3) is 0 Å². The van der Waals surface area contributed by atoms with Crippen molar-refractivity contribution in [1.29, 1.82) is 0 Å². The predicted octanol–water partition coefficient (Wildman–Crippen LogP) is 5.15. The molecule has 0 saturated carbocycles. The number of benzene rings is 3. The monoisotopic (exact) mass is 477 g/mol. The third-order valence-corrected chi connectivity index (χ3v) is 6.51. The van der Waals surface area contributed by atoms with Gasteiger partial charge in [-0.3, -0.25) is 9.59 Å². The number of amides is 1. The molecule has 0 aliphatic heterocycles. The quantitative estimate of drug-likeness (QED) is 0.339. The van der Waals surface area contributed by atoms with E-state index < -0.39 is 6.04 Å². The van der Waals surface area contributed by atoms with E-state index in [-0.39, 0.29) is 17.4 Å². The van der Waals surface area contributed by atoms with E-state index in [0.29, 0.717) is 18.0 Å². The second-order valence-corrected chi connectivity index (χ2v) is 9.19. The summed E-state index contributed by atoms with van der Waals surface area (Å²) in [6, 6.07) is 24.8. The molecule has 4 aromatic rings. The Balaban J connectivity index is 1.49. The van der Waals surface area contributed by atoms with E-state index in [1.165, 1.54) is 18.7 Å². The van der Waals surface area contributed by atoms with Crippen LogP contribution >= 0.6 is 23.4 Å². The maximum Gasteiger partial charge on any atom is 0.231 e. The zero-order valence-electron chi connectivity index (χ0n) is 18.2. The molecule has 0 unspecified atom stereocenters. The van der Waals surface area contributed by atoms with Crippen LogP contribution in [0.2, 0.25) is 5.02 Å². The molecule has 0 aliphatic carbocycles. The molecule has 0 aliphatic rings. The van der Waals surface area contributed by atoms with Crippen molar-refractivity contribution in [2.45, 2.75) is 31.1 Å². The minimum Gasteiger partial charge on any atom is -0.345 e. The highest BCUT2D eigenvalue weighted by atomic mass is 35.5. The number of ketones is 1. The van der Waals surface area contributed by atoms with Crippen LogP contribution in [0.4, 0.5) is 0 Å². The first-order chi connectivity index (χ1) is 16.0. The molecule has 7 heteroatoms. The van der Waals surface area contributed by atoms with Crippen LogP contribution in [0.15, 0.2) is 84.0 Å². The molecule has 1 heterocycles. The van der Waals surface area contributed by atoms with E-state index in [1.54, 1.807) is 0 Å². The number of Topliss-reactive ketones (excluding diaryl/α,β-unsaturated/α-hetero) is 1. The third-order valence-electron chi connectivity index (χ3n) is 5.30. The van der Waals surface area contributed by atoms with Crippen molar-refractivity contribution in [1.82, 2.24) is 14.9 Å². The Morgan fingerprint density at radius 2 is 1.67 bits per heavy atom. The number of imidazole rings is 1. The Hall–Kier alpha value is -3.09. The molecule has 33 heavy (non-hydrogen) atoms. The SMILES string of the molecule is CC(=O)[C@H](Cc1ccccc1)NC(=O)CSc1nc2cc(Cl)ccc2n1Cc1ccccc1. The van der Waals surface area contributed by atoms with E-state index in [0.717, 1.165) is 27.3 Å².